The molecule has 4 atom stereocenters. The number of nitrogens with zero attached hydrogens (tertiary/aromatic N) is 1. The van der Waals surface area contributed by atoms with Gasteiger partial charge in [-0.2, -0.15) is 0 Å². The number of carbonyl (C=O) groups is 1. The second kappa shape index (κ2) is 6.08. The van der Waals surface area contributed by atoms with Gasteiger partial charge in [0.25, 0.3) is 5.91 Å². The largest absolute Gasteiger partial charge is 0.349 e. The van der Waals surface area contributed by atoms with E-state index in [9.17, 15) is 4.79 Å². The minimum Gasteiger partial charge on any atom is -0.349 e. The molecule has 2 saturated carbocycles. The predicted molar refractivity (Wildman–Crippen MR) is 93.4 cm³/mol. The summed E-state index contributed by atoms with van der Waals surface area (Å²) in [6, 6.07) is 10.3. The van der Waals surface area contributed by atoms with Crippen LogP contribution in [-0.2, 0) is 0 Å². The highest BCUT2D eigenvalue weighted by molar-refractivity contribution is 7.16. The molecule has 0 radical (unpaired) electrons. The molecular formula is C19H22N2OS. The van der Waals surface area contributed by atoms with E-state index >= 15 is 0 Å². The maximum Gasteiger partial charge on any atom is 0.263 e. The number of fused-ring (bicyclic) bond motifs is 2. The van der Waals surface area contributed by atoms with Crippen molar-refractivity contribution in [1.29, 1.82) is 0 Å². The SMILES string of the molecule is CC(NC(=O)c1cnc(-c2ccccc2)s1)C1CC2CCC1C2. The van der Waals surface area contributed by atoms with Crippen LogP contribution in [-0.4, -0.2) is 16.9 Å². The molecule has 3 nitrogen and oxygen atoms in total. The number of thiazole rings is 1. The van der Waals surface area contributed by atoms with E-state index in [4.69, 9.17) is 0 Å². The maximum atomic E-state index is 12.5. The van der Waals surface area contributed by atoms with Crippen molar-refractivity contribution >= 4 is 17.2 Å². The van der Waals surface area contributed by atoms with E-state index < -0.39 is 0 Å². The average Bonchev–Trinajstić information content (AvgIpc) is 3.31. The highest BCUT2D eigenvalue weighted by Crippen LogP contribution is 2.49. The number of nitrogens with one attached hydrogen (secondary N) is 1. The standard InChI is InChI=1S/C19H22N2OS/c1-12(16-10-13-7-8-15(16)9-13)21-18(22)17-11-20-19(23-17)14-5-3-2-4-6-14/h2-6,11-13,15-16H,7-10H2,1H3,(H,21,22). The van der Waals surface area contributed by atoms with Gasteiger partial charge in [0.15, 0.2) is 0 Å². The number of rotatable bonds is 4. The minimum atomic E-state index is 0.0277. The van der Waals surface area contributed by atoms with Gasteiger partial charge in [-0.25, -0.2) is 4.98 Å². The highest BCUT2D eigenvalue weighted by Gasteiger charge is 2.42. The van der Waals surface area contributed by atoms with Crippen molar-refractivity contribution in [3.05, 3.63) is 41.4 Å². The molecule has 1 aromatic heterocycles. The van der Waals surface area contributed by atoms with Gasteiger partial charge in [0, 0.05) is 11.6 Å². The topological polar surface area (TPSA) is 42.0 Å². The van der Waals surface area contributed by atoms with Crippen LogP contribution in [0.25, 0.3) is 10.6 Å². The molecule has 2 bridgehead atoms. The van der Waals surface area contributed by atoms with Crippen LogP contribution in [0.1, 0.15) is 42.3 Å². The van der Waals surface area contributed by atoms with Gasteiger partial charge >= 0.3 is 0 Å². The van der Waals surface area contributed by atoms with Gasteiger partial charge in [0.05, 0.1) is 6.20 Å². The molecule has 0 aliphatic heterocycles. The van der Waals surface area contributed by atoms with Crippen LogP contribution < -0.4 is 5.32 Å². The van der Waals surface area contributed by atoms with Gasteiger partial charge in [-0.15, -0.1) is 11.3 Å². The Morgan fingerprint density at radius 3 is 2.78 bits per heavy atom. The lowest BCUT2D eigenvalue weighted by molar-refractivity contribution is 0.0919. The second-order valence-corrected chi connectivity index (χ2v) is 8.03. The van der Waals surface area contributed by atoms with Gasteiger partial charge in [0.2, 0.25) is 0 Å². The Labute approximate surface area is 141 Å². The lowest BCUT2D eigenvalue weighted by atomic mass is 9.84. The molecule has 120 valence electrons. The summed E-state index contributed by atoms with van der Waals surface area (Å²) in [6.45, 7) is 2.17. The third-order valence-corrected chi connectivity index (χ3v) is 6.59. The van der Waals surface area contributed by atoms with Crippen molar-refractivity contribution in [1.82, 2.24) is 10.3 Å². The molecule has 4 unspecified atom stereocenters. The van der Waals surface area contributed by atoms with Crippen molar-refractivity contribution in [2.45, 2.75) is 38.6 Å². The van der Waals surface area contributed by atoms with Gasteiger partial charge < -0.3 is 5.32 Å². The number of hydrogen-bond donors (Lipinski definition) is 1. The Hall–Kier alpha value is -1.68. The molecule has 2 aliphatic rings. The third-order valence-electron chi connectivity index (χ3n) is 5.54. The Morgan fingerprint density at radius 1 is 1.26 bits per heavy atom. The number of hydrogen-bond acceptors (Lipinski definition) is 3. The molecule has 23 heavy (non-hydrogen) atoms. The van der Waals surface area contributed by atoms with Crippen molar-refractivity contribution in [3.63, 3.8) is 0 Å². The van der Waals surface area contributed by atoms with Gasteiger partial charge in [0.1, 0.15) is 9.88 Å². The molecule has 1 heterocycles. The van der Waals surface area contributed by atoms with Gasteiger partial charge in [-0.1, -0.05) is 36.8 Å². The fourth-order valence-corrected chi connectivity index (χ4v) is 5.21. The van der Waals surface area contributed by atoms with Gasteiger partial charge in [-0.3, -0.25) is 4.79 Å². The lowest BCUT2D eigenvalue weighted by Gasteiger charge is -2.28. The van der Waals surface area contributed by atoms with Crippen molar-refractivity contribution in [2.24, 2.45) is 17.8 Å². The molecular weight excluding hydrogens is 304 g/mol. The van der Waals surface area contributed by atoms with E-state index in [1.54, 1.807) is 6.20 Å². The zero-order valence-corrected chi connectivity index (χ0v) is 14.2. The molecule has 4 rings (SSSR count). The quantitative estimate of drug-likeness (QED) is 0.907. The molecule has 1 amide bonds. The third kappa shape index (κ3) is 2.92. The normalized spacial score (nSPS) is 27.1. The lowest BCUT2D eigenvalue weighted by Crippen LogP contribution is -2.39. The van der Waals surface area contributed by atoms with Crippen molar-refractivity contribution in [3.8, 4) is 10.6 Å². The zero-order chi connectivity index (χ0) is 15.8. The van der Waals surface area contributed by atoms with Crippen LogP contribution in [0.5, 0.6) is 0 Å². The van der Waals surface area contributed by atoms with Crippen LogP contribution in [0.2, 0.25) is 0 Å². The second-order valence-electron chi connectivity index (χ2n) is 7.00. The van der Waals surface area contributed by atoms with Crippen LogP contribution in [0.3, 0.4) is 0 Å². The van der Waals surface area contributed by atoms with E-state index in [2.05, 4.69) is 17.2 Å². The van der Waals surface area contributed by atoms with E-state index in [0.29, 0.717) is 10.8 Å². The summed E-state index contributed by atoms with van der Waals surface area (Å²) in [5.74, 6) is 2.44. The Morgan fingerprint density at radius 2 is 2.09 bits per heavy atom. The first kappa shape index (κ1) is 14.9. The zero-order valence-electron chi connectivity index (χ0n) is 13.4. The Bertz CT molecular complexity index is 696. The molecule has 0 spiro atoms. The summed E-state index contributed by atoms with van der Waals surface area (Å²) < 4.78 is 0. The number of amides is 1. The molecule has 2 fully saturated rings. The summed E-state index contributed by atoms with van der Waals surface area (Å²) in [6.07, 6.45) is 7.13. The van der Waals surface area contributed by atoms with Crippen LogP contribution in [0.4, 0.5) is 0 Å². The predicted octanol–water partition coefficient (Wildman–Crippen LogP) is 4.36. The van der Waals surface area contributed by atoms with E-state index in [0.717, 1.165) is 22.4 Å². The molecule has 2 aromatic rings. The maximum absolute atomic E-state index is 12.5. The van der Waals surface area contributed by atoms with E-state index in [1.165, 1.54) is 37.0 Å². The van der Waals surface area contributed by atoms with Crippen LogP contribution >= 0.6 is 11.3 Å². The first-order valence-electron chi connectivity index (χ1n) is 8.53. The number of aromatic nitrogens is 1. The summed E-state index contributed by atoms with van der Waals surface area (Å²) in [5, 5.41) is 4.13. The fourth-order valence-electron chi connectivity index (χ4n) is 4.38. The van der Waals surface area contributed by atoms with Crippen LogP contribution in [0.15, 0.2) is 36.5 Å². The summed E-state index contributed by atoms with van der Waals surface area (Å²) in [5.41, 5.74) is 1.07. The van der Waals surface area contributed by atoms with Crippen molar-refractivity contribution < 1.29 is 4.79 Å². The first-order valence-corrected chi connectivity index (χ1v) is 9.34. The number of carbonyl (C=O) groups excluding carboxylic acids is 1. The first-order chi connectivity index (χ1) is 11.2. The molecule has 4 heteroatoms. The Kier molecular flexibility index (Phi) is 3.93. The minimum absolute atomic E-state index is 0.0277. The average molecular weight is 326 g/mol. The van der Waals surface area contributed by atoms with Crippen LogP contribution in [0, 0.1) is 17.8 Å². The summed E-state index contributed by atoms with van der Waals surface area (Å²) in [4.78, 5) is 17.6. The fraction of sp³-hybridized carbons (Fsp3) is 0.474. The van der Waals surface area contributed by atoms with E-state index in [1.807, 2.05) is 30.3 Å². The molecule has 1 N–H and O–H groups in total. The van der Waals surface area contributed by atoms with Crippen molar-refractivity contribution in [2.75, 3.05) is 0 Å². The highest BCUT2D eigenvalue weighted by atomic mass is 32.1. The van der Waals surface area contributed by atoms with E-state index in [-0.39, 0.29) is 11.9 Å². The Balaban J connectivity index is 1.42. The molecule has 0 saturated heterocycles. The van der Waals surface area contributed by atoms with Gasteiger partial charge in [-0.05, 0) is 43.9 Å². The molecule has 2 aliphatic carbocycles. The summed E-state index contributed by atoms with van der Waals surface area (Å²) in [7, 11) is 0. The summed E-state index contributed by atoms with van der Waals surface area (Å²) >= 11 is 1.47. The number of benzene rings is 1. The monoisotopic (exact) mass is 326 g/mol. The smallest absolute Gasteiger partial charge is 0.263 e. The molecule has 1 aromatic carbocycles.